The minimum absolute atomic E-state index is 0.0497. The molecule has 6 heteroatoms. The summed E-state index contributed by atoms with van der Waals surface area (Å²) in [5.74, 6) is 0.200. The molecule has 0 heterocycles. The molecule has 1 amide bonds. The highest BCUT2D eigenvalue weighted by Gasteiger charge is 2.13. The monoisotopic (exact) mass is 450 g/mol. The van der Waals surface area contributed by atoms with E-state index in [4.69, 9.17) is 0 Å². The van der Waals surface area contributed by atoms with E-state index in [0.717, 1.165) is 29.7 Å². The standard InChI is InChI=1S/C26H30N2O3S/c1-20(2)18-27-26(29)23-10-6-8-21(16-23)14-15-22-9-7-11-24(17-22)28-19-32(30,31)25-12-4-3-5-13-25/h3-13,16-17,20,28H,14-15,18-19H2,1-2H3,(H,27,29). The second kappa shape index (κ2) is 11.0. The number of hydrogen-bond acceptors (Lipinski definition) is 4. The second-order valence-electron chi connectivity index (χ2n) is 8.25. The molecular formula is C26H30N2O3S. The molecule has 0 unspecified atom stereocenters. The third-order valence-electron chi connectivity index (χ3n) is 5.06. The molecule has 0 aromatic heterocycles. The first kappa shape index (κ1) is 23.5. The molecule has 0 aliphatic heterocycles. The maximum absolute atomic E-state index is 12.5. The lowest BCUT2D eigenvalue weighted by atomic mass is 10.0. The zero-order valence-corrected chi connectivity index (χ0v) is 19.4. The highest BCUT2D eigenvalue weighted by Crippen LogP contribution is 2.16. The SMILES string of the molecule is CC(C)CNC(=O)c1cccc(CCc2cccc(NCS(=O)(=O)c3ccccc3)c2)c1. The molecule has 0 aliphatic rings. The Balaban J connectivity index is 1.58. The molecule has 0 fully saturated rings. The normalized spacial score (nSPS) is 11.3. The Hall–Kier alpha value is -3.12. The number of carbonyl (C=O) groups is 1. The molecule has 5 nitrogen and oxygen atoms in total. The molecule has 0 radical (unpaired) electrons. The minimum atomic E-state index is -3.40. The van der Waals surface area contributed by atoms with E-state index in [1.807, 2.05) is 48.5 Å². The van der Waals surface area contributed by atoms with E-state index in [9.17, 15) is 13.2 Å². The fourth-order valence-corrected chi connectivity index (χ4v) is 4.38. The van der Waals surface area contributed by atoms with Crippen LogP contribution in [0.5, 0.6) is 0 Å². The molecule has 0 bridgehead atoms. The van der Waals surface area contributed by atoms with Crippen molar-refractivity contribution in [3.63, 3.8) is 0 Å². The molecule has 2 N–H and O–H groups in total. The number of hydrogen-bond donors (Lipinski definition) is 2. The summed E-state index contributed by atoms with van der Waals surface area (Å²) in [5.41, 5.74) is 3.63. The Labute approximate surface area is 190 Å². The first-order valence-corrected chi connectivity index (χ1v) is 12.5. The number of aryl methyl sites for hydroxylation is 2. The van der Waals surface area contributed by atoms with E-state index >= 15 is 0 Å². The van der Waals surface area contributed by atoms with Crippen LogP contribution in [0.3, 0.4) is 0 Å². The van der Waals surface area contributed by atoms with E-state index < -0.39 is 9.84 Å². The Morgan fingerprint density at radius 1 is 0.844 bits per heavy atom. The second-order valence-corrected chi connectivity index (χ2v) is 10.2. The van der Waals surface area contributed by atoms with Gasteiger partial charge in [-0.25, -0.2) is 8.42 Å². The Kier molecular flexibility index (Phi) is 8.06. The van der Waals surface area contributed by atoms with Crippen molar-refractivity contribution in [2.75, 3.05) is 17.7 Å². The van der Waals surface area contributed by atoms with Crippen molar-refractivity contribution in [2.45, 2.75) is 31.6 Å². The van der Waals surface area contributed by atoms with Gasteiger partial charge in [0.25, 0.3) is 5.91 Å². The molecule has 0 spiro atoms. The van der Waals surface area contributed by atoms with Crippen molar-refractivity contribution in [3.8, 4) is 0 Å². The van der Waals surface area contributed by atoms with Gasteiger partial charge in [-0.3, -0.25) is 4.79 Å². The van der Waals surface area contributed by atoms with E-state index in [0.29, 0.717) is 22.9 Å². The van der Waals surface area contributed by atoms with E-state index in [1.165, 1.54) is 0 Å². The van der Waals surface area contributed by atoms with Gasteiger partial charge in [0.05, 0.1) is 4.90 Å². The maximum atomic E-state index is 12.5. The van der Waals surface area contributed by atoms with Gasteiger partial charge in [-0.05, 0) is 66.3 Å². The molecule has 0 atom stereocenters. The van der Waals surface area contributed by atoms with Gasteiger partial charge in [0.2, 0.25) is 0 Å². The van der Waals surface area contributed by atoms with Crippen LogP contribution in [-0.4, -0.2) is 26.7 Å². The van der Waals surface area contributed by atoms with Gasteiger partial charge in [-0.1, -0.05) is 56.3 Å². The van der Waals surface area contributed by atoms with Gasteiger partial charge in [0.15, 0.2) is 9.84 Å². The van der Waals surface area contributed by atoms with E-state index in [1.54, 1.807) is 30.3 Å². The van der Waals surface area contributed by atoms with Crippen LogP contribution in [0.1, 0.15) is 35.3 Å². The number of nitrogens with one attached hydrogen (secondary N) is 2. The van der Waals surface area contributed by atoms with E-state index in [-0.39, 0.29) is 11.8 Å². The Morgan fingerprint density at radius 3 is 2.19 bits per heavy atom. The van der Waals surface area contributed by atoms with Gasteiger partial charge in [-0.15, -0.1) is 0 Å². The lowest BCUT2D eigenvalue weighted by Crippen LogP contribution is -2.27. The van der Waals surface area contributed by atoms with Gasteiger partial charge in [0.1, 0.15) is 5.88 Å². The van der Waals surface area contributed by atoms with Gasteiger partial charge < -0.3 is 10.6 Å². The van der Waals surface area contributed by atoms with Crippen LogP contribution in [0.2, 0.25) is 0 Å². The summed E-state index contributed by atoms with van der Waals surface area (Å²) >= 11 is 0. The van der Waals surface area contributed by atoms with Crippen molar-refractivity contribution in [1.82, 2.24) is 5.32 Å². The predicted molar refractivity (Wildman–Crippen MR) is 130 cm³/mol. The third kappa shape index (κ3) is 6.95. The average Bonchev–Trinajstić information content (AvgIpc) is 2.81. The third-order valence-corrected chi connectivity index (χ3v) is 6.57. The summed E-state index contributed by atoms with van der Waals surface area (Å²) in [6.07, 6.45) is 1.58. The molecule has 0 saturated heterocycles. The molecular weight excluding hydrogens is 420 g/mol. The zero-order valence-electron chi connectivity index (χ0n) is 18.5. The topological polar surface area (TPSA) is 75.3 Å². The van der Waals surface area contributed by atoms with E-state index in [2.05, 4.69) is 24.5 Å². The van der Waals surface area contributed by atoms with Crippen LogP contribution in [0, 0.1) is 5.92 Å². The summed E-state index contributed by atoms with van der Waals surface area (Å²) in [4.78, 5) is 12.6. The molecule has 3 aromatic rings. The predicted octanol–water partition coefficient (Wildman–Crippen LogP) is 4.70. The molecule has 168 valence electrons. The molecule has 3 rings (SSSR count). The zero-order chi connectivity index (χ0) is 23.0. The quantitative estimate of drug-likeness (QED) is 0.469. The van der Waals surface area contributed by atoms with Crippen LogP contribution in [-0.2, 0) is 22.7 Å². The van der Waals surface area contributed by atoms with Crippen LogP contribution in [0.4, 0.5) is 5.69 Å². The van der Waals surface area contributed by atoms with Crippen molar-refractivity contribution < 1.29 is 13.2 Å². The molecule has 0 saturated carbocycles. The van der Waals surface area contributed by atoms with Crippen molar-refractivity contribution >= 4 is 21.4 Å². The van der Waals surface area contributed by atoms with Gasteiger partial charge in [0, 0.05) is 17.8 Å². The first-order valence-electron chi connectivity index (χ1n) is 10.8. The summed E-state index contributed by atoms with van der Waals surface area (Å²) < 4.78 is 25.0. The number of benzene rings is 3. The maximum Gasteiger partial charge on any atom is 0.251 e. The smallest absolute Gasteiger partial charge is 0.251 e. The number of carbonyl (C=O) groups excluding carboxylic acids is 1. The molecule has 0 aliphatic carbocycles. The van der Waals surface area contributed by atoms with Crippen molar-refractivity contribution in [2.24, 2.45) is 5.92 Å². The minimum Gasteiger partial charge on any atom is -0.371 e. The molecule has 32 heavy (non-hydrogen) atoms. The van der Waals surface area contributed by atoms with Crippen LogP contribution in [0.15, 0.2) is 83.8 Å². The van der Waals surface area contributed by atoms with Crippen LogP contribution >= 0.6 is 0 Å². The average molecular weight is 451 g/mol. The Bertz CT molecular complexity index is 1140. The lowest BCUT2D eigenvalue weighted by Gasteiger charge is -2.10. The van der Waals surface area contributed by atoms with Gasteiger partial charge in [-0.2, -0.15) is 0 Å². The fraction of sp³-hybridized carbons (Fsp3) is 0.269. The summed E-state index contributed by atoms with van der Waals surface area (Å²) in [5, 5.41) is 5.98. The highest BCUT2D eigenvalue weighted by molar-refractivity contribution is 7.91. The lowest BCUT2D eigenvalue weighted by molar-refractivity contribution is 0.0949. The van der Waals surface area contributed by atoms with Crippen molar-refractivity contribution in [3.05, 3.63) is 95.6 Å². The Morgan fingerprint density at radius 2 is 1.50 bits per heavy atom. The highest BCUT2D eigenvalue weighted by atomic mass is 32.2. The molecule has 3 aromatic carbocycles. The summed E-state index contributed by atoms with van der Waals surface area (Å²) in [7, 11) is -3.40. The number of rotatable bonds is 10. The van der Waals surface area contributed by atoms with Crippen LogP contribution in [0.25, 0.3) is 0 Å². The summed E-state index contributed by atoms with van der Waals surface area (Å²) in [6, 6.07) is 23.9. The fourth-order valence-electron chi connectivity index (χ4n) is 3.28. The number of amides is 1. The summed E-state index contributed by atoms with van der Waals surface area (Å²) in [6.45, 7) is 4.79. The number of anilines is 1. The van der Waals surface area contributed by atoms with Crippen LogP contribution < -0.4 is 10.6 Å². The van der Waals surface area contributed by atoms with Gasteiger partial charge >= 0.3 is 0 Å². The largest absolute Gasteiger partial charge is 0.371 e. The first-order chi connectivity index (χ1) is 15.3. The number of sulfone groups is 1. The van der Waals surface area contributed by atoms with Crippen molar-refractivity contribution in [1.29, 1.82) is 0 Å².